The molecule has 82 heavy (non-hydrogen) atoms. The highest BCUT2D eigenvalue weighted by Gasteiger charge is 2.22. The van der Waals surface area contributed by atoms with E-state index >= 15 is 0 Å². The van der Waals surface area contributed by atoms with Crippen LogP contribution in [-0.4, -0.2) is 15.3 Å². The number of fused-ring (bicyclic) bond motifs is 5. The third-order valence-electron chi connectivity index (χ3n) is 15.2. The molecular weight excluding hydrogens is 1010 g/mol. The third-order valence-corrected chi connectivity index (χ3v) is 15.2. The molecule has 0 spiro atoms. The lowest BCUT2D eigenvalue weighted by Crippen LogP contribution is -1.97. The van der Waals surface area contributed by atoms with Gasteiger partial charge in [-0.05, 0) is 175 Å². The number of hydrogen-bond donors (Lipinski definition) is 0. The molecule has 0 unspecified atom stereocenters. The Morgan fingerprint density at radius 2 is 0.963 bits per heavy atom. The molecule has 0 N–H and O–H groups in total. The van der Waals surface area contributed by atoms with Gasteiger partial charge in [0.2, 0.25) is 0 Å². The van der Waals surface area contributed by atoms with Gasteiger partial charge in [0.25, 0.3) is 0 Å². The normalized spacial score (nSPS) is 11.6. The summed E-state index contributed by atoms with van der Waals surface area (Å²) >= 11 is 0. The molecule has 0 aliphatic rings. The van der Waals surface area contributed by atoms with E-state index < -0.39 is 0 Å². The average molecular weight is 1080 g/mol. The first-order valence-electron chi connectivity index (χ1n) is 28.5. The number of imidazole rings is 1. The van der Waals surface area contributed by atoms with E-state index in [2.05, 4.69) is 293 Å². The lowest BCUT2D eigenvalue weighted by atomic mass is 9.82. The molecule has 13 rings (SSSR count). The van der Waals surface area contributed by atoms with Crippen LogP contribution in [0.5, 0.6) is 0 Å². The molecular formula is C78H69N3S. The van der Waals surface area contributed by atoms with Crippen LogP contribution in [0.25, 0.3) is 116 Å². The minimum absolute atomic E-state index is 0. The van der Waals surface area contributed by atoms with Gasteiger partial charge in [-0.25, -0.2) is 4.98 Å². The second-order valence-electron chi connectivity index (χ2n) is 20.4. The molecule has 13 aromatic rings. The van der Waals surface area contributed by atoms with Crippen LogP contribution >= 0.6 is 13.5 Å². The average Bonchev–Trinajstić information content (AvgIpc) is 4.07. The van der Waals surface area contributed by atoms with E-state index in [4.69, 9.17) is 9.98 Å². The van der Waals surface area contributed by atoms with Gasteiger partial charge < -0.3 is 0 Å². The highest BCUT2D eigenvalue weighted by molar-refractivity contribution is 7.59. The zero-order valence-corrected chi connectivity index (χ0v) is 49.0. The molecule has 0 bridgehead atoms. The summed E-state index contributed by atoms with van der Waals surface area (Å²) in [4.78, 5) is 10.6. The largest absolute Gasteiger partial charge is 0.292 e. The molecule has 0 amide bonds. The van der Waals surface area contributed by atoms with Crippen molar-refractivity contribution < 1.29 is 0 Å². The third kappa shape index (κ3) is 11.2. The Morgan fingerprint density at radius 1 is 0.476 bits per heavy atom. The second-order valence-corrected chi connectivity index (χ2v) is 20.4. The molecule has 0 fully saturated rings. The molecule has 3 nitrogen and oxygen atoms in total. The monoisotopic (exact) mass is 1080 g/mol. The number of para-hydroxylation sites is 1. The fraction of sp³-hybridized carbons (Fsp3) is 0.103. The van der Waals surface area contributed by atoms with Crippen LogP contribution < -0.4 is 0 Å². The van der Waals surface area contributed by atoms with Crippen molar-refractivity contribution in [2.75, 3.05) is 0 Å². The van der Waals surface area contributed by atoms with Crippen molar-refractivity contribution in [3.63, 3.8) is 0 Å². The number of nitrogens with zero attached hydrogens (tertiary/aromatic N) is 3. The second kappa shape index (κ2) is 25.4. The topological polar surface area (TPSA) is 30.2 Å². The zero-order chi connectivity index (χ0) is 55.8. The number of benzene rings is 12. The minimum atomic E-state index is 0. The van der Waals surface area contributed by atoms with Gasteiger partial charge in [0.05, 0.1) is 16.7 Å². The van der Waals surface area contributed by atoms with E-state index in [1.54, 1.807) is 0 Å². The number of aromatic nitrogens is 2. The summed E-state index contributed by atoms with van der Waals surface area (Å²) < 4.78 is 2.28. The van der Waals surface area contributed by atoms with Gasteiger partial charge in [0.15, 0.2) is 0 Å². The maximum atomic E-state index is 5.36. The first-order valence-corrected chi connectivity index (χ1v) is 28.5. The number of hydrogen-bond acceptors (Lipinski definition) is 2. The summed E-state index contributed by atoms with van der Waals surface area (Å²) in [5.74, 6) is 0.920. The standard InChI is InChI=1S/C68H47N3.C8H14.C2H6.H2S/c1-44-32-33-52(42-63(44)69-45(2)46-18-6-3-7-19-46)50-34-37-59-61(40-50)66(57-30-16-24-47-20-12-14-28-55(47)57)60-38-35-51(41-62(60)67(59)58-31-17-25-48-21-13-15-29-56(48)58)53-36-39-65-64(43-53)70-68(49-22-8-4-9-23-49)71(65)54-26-10-5-11-27-54;1-4-6-8(3)7-5-2;1-2;/h3-43H,1-2H3;4,6-7H,5H2,1-3H3;1-2H3;1H2/b;6-4-,8-7-;;. The van der Waals surface area contributed by atoms with Gasteiger partial charge in [-0.3, -0.25) is 9.56 Å². The van der Waals surface area contributed by atoms with Gasteiger partial charge in [0.1, 0.15) is 5.82 Å². The van der Waals surface area contributed by atoms with E-state index in [1.165, 1.54) is 70.9 Å². The van der Waals surface area contributed by atoms with Crippen LogP contribution in [0.15, 0.2) is 278 Å². The Balaban J connectivity index is 0.000000633. The van der Waals surface area contributed by atoms with E-state index in [0.717, 1.165) is 79.3 Å². The molecule has 0 aliphatic heterocycles. The Bertz CT molecular complexity index is 4480. The Labute approximate surface area is 490 Å². The lowest BCUT2D eigenvalue weighted by Gasteiger charge is -2.21. The van der Waals surface area contributed by atoms with Crippen molar-refractivity contribution in [2.45, 2.75) is 54.9 Å². The fourth-order valence-corrected chi connectivity index (χ4v) is 11.4. The van der Waals surface area contributed by atoms with E-state index in [-0.39, 0.29) is 13.5 Å². The van der Waals surface area contributed by atoms with Gasteiger partial charge in [-0.15, -0.1) is 0 Å². The van der Waals surface area contributed by atoms with E-state index in [0.29, 0.717) is 0 Å². The van der Waals surface area contributed by atoms with Crippen molar-refractivity contribution in [3.8, 4) is 61.6 Å². The summed E-state index contributed by atoms with van der Waals surface area (Å²) in [6.07, 6.45) is 7.52. The highest BCUT2D eigenvalue weighted by atomic mass is 32.1. The highest BCUT2D eigenvalue weighted by Crippen LogP contribution is 2.49. The van der Waals surface area contributed by atoms with Crippen LogP contribution in [-0.2, 0) is 0 Å². The SMILES string of the molecule is C/C=C\C(C)=C/CC.CC.CC(=Nc1cc(-c2ccc3c(-c4cccc5ccccc45)c4cc(-c5ccc6c(c5)nc(-c5ccccc5)n6-c5ccccc5)ccc4c(-c4cccc5ccccc45)c3c2)ccc1C)c1ccccc1.S. The molecule has 1 aromatic heterocycles. The summed E-state index contributed by atoms with van der Waals surface area (Å²) in [6, 6.07) is 90.2. The van der Waals surface area contributed by atoms with Crippen molar-refractivity contribution in [2.24, 2.45) is 4.99 Å². The van der Waals surface area contributed by atoms with Gasteiger partial charge in [-0.1, -0.05) is 251 Å². The summed E-state index contributed by atoms with van der Waals surface area (Å²) in [7, 11) is 0. The Kier molecular flexibility index (Phi) is 17.3. The number of aliphatic imine (C=N–C) groups is 1. The van der Waals surface area contributed by atoms with Crippen LogP contribution in [0.3, 0.4) is 0 Å². The van der Waals surface area contributed by atoms with Crippen molar-refractivity contribution >= 4 is 79.0 Å². The van der Waals surface area contributed by atoms with Crippen molar-refractivity contribution in [3.05, 3.63) is 284 Å². The maximum absolute atomic E-state index is 5.36. The van der Waals surface area contributed by atoms with Crippen LogP contribution in [0, 0.1) is 6.92 Å². The predicted octanol–water partition coefficient (Wildman–Crippen LogP) is 22.5. The Hall–Kier alpha value is -9.35. The van der Waals surface area contributed by atoms with Gasteiger partial charge >= 0.3 is 0 Å². The molecule has 12 aromatic carbocycles. The first kappa shape index (κ1) is 55.9. The number of rotatable bonds is 10. The van der Waals surface area contributed by atoms with Crippen molar-refractivity contribution in [1.29, 1.82) is 0 Å². The molecule has 1 heterocycles. The van der Waals surface area contributed by atoms with Gasteiger partial charge in [0, 0.05) is 17.0 Å². The summed E-state index contributed by atoms with van der Waals surface area (Å²) in [5, 5.41) is 9.68. The first-order chi connectivity index (χ1) is 39.8. The molecule has 4 heteroatoms. The fourth-order valence-electron chi connectivity index (χ4n) is 11.4. The summed E-state index contributed by atoms with van der Waals surface area (Å²) in [6.45, 7) is 14.5. The lowest BCUT2D eigenvalue weighted by molar-refractivity contribution is 1.10. The Morgan fingerprint density at radius 3 is 1.54 bits per heavy atom. The predicted molar refractivity (Wildman–Crippen MR) is 362 cm³/mol. The molecule has 0 saturated heterocycles. The van der Waals surface area contributed by atoms with Crippen LogP contribution in [0.2, 0.25) is 0 Å². The summed E-state index contributed by atoms with van der Waals surface area (Å²) in [5.41, 5.74) is 19.1. The smallest absolute Gasteiger partial charge is 0.145 e. The molecule has 0 radical (unpaired) electrons. The number of allylic oxidation sites excluding steroid dienone is 4. The van der Waals surface area contributed by atoms with Crippen LogP contribution in [0.1, 0.15) is 59.1 Å². The zero-order valence-electron chi connectivity index (χ0n) is 48.0. The van der Waals surface area contributed by atoms with Crippen LogP contribution in [0.4, 0.5) is 5.69 Å². The van der Waals surface area contributed by atoms with E-state index in [9.17, 15) is 0 Å². The molecule has 0 aliphatic carbocycles. The quantitative estimate of drug-likeness (QED) is 0.0763. The minimum Gasteiger partial charge on any atom is -0.292 e. The number of aryl methyl sites for hydroxylation is 1. The molecule has 0 atom stereocenters. The molecule has 0 saturated carbocycles. The molecule has 402 valence electrons. The van der Waals surface area contributed by atoms with Crippen molar-refractivity contribution in [1.82, 2.24) is 9.55 Å². The maximum Gasteiger partial charge on any atom is 0.145 e. The van der Waals surface area contributed by atoms with Gasteiger partial charge in [-0.2, -0.15) is 13.5 Å². The van der Waals surface area contributed by atoms with E-state index in [1.807, 2.05) is 26.8 Å².